The minimum atomic E-state index is -3.94. The van der Waals surface area contributed by atoms with Gasteiger partial charge < -0.3 is 5.73 Å². The Balaban J connectivity index is 3.26. The summed E-state index contributed by atoms with van der Waals surface area (Å²) in [5.74, 6) is -0.802. The molecule has 0 aromatic heterocycles. The predicted molar refractivity (Wildman–Crippen MR) is 81.2 cm³/mol. The summed E-state index contributed by atoms with van der Waals surface area (Å²) in [5.41, 5.74) is 5.31. The number of hydrogen-bond acceptors (Lipinski definition) is 3. The highest BCUT2D eigenvalue weighted by Gasteiger charge is 2.28. The molecule has 0 aliphatic carbocycles. The molecule has 0 saturated heterocycles. The zero-order chi connectivity index (χ0) is 15.7. The van der Waals surface area contributed by atoms with Crippen molar-refractivity contribution in [1.29, 1.82) is 0 Å². The molecule has 7 heteroatoms. The number of nitrogens with one attached hydrogen (secondary N) is 1. The molecular formula is C13H20BrFN2O2S. The van der Waals surface area contributed by atoms with E-state index >= 15 is 0 Å². The van der Waals surface area contributed by atoms with Gasteiger partial charge in [-0.2, -0.15) is 0 Å². The monoisotopic (exact) mass is 366 g/mol. The van der Waals surface area contributed by atoms with Crippen LogP contribution in [0.5, 0.6) is 0 Å². The van der Waals surface area contributed by atoms with Crippen LogP contribution in [-0.2, 0) is 16.6 Å². The molecule has 0 heterocycles. The van der Waals surface area contributed by atoms with Gasteiger partial charge in [-0.1, -0.05) is 36.7 Å². The summed E-state index contributed by atoms with van der Waals surface area (Å²) in [6.45, 7) is 7.40. The van der Waals surface area contributed by atoms with Crippen molar-refractivity contribution in [2.45, 2.75) is 45.2 Å². The second-order valence-electron chi connectivity index (χ2n) is 5.79. The van der Waals surface area contributed by atoms with Crippen molar-refractivity contribution in [2.75, 3.05) is 0 Å². The van der Waals surface area contributed by atoms with Crippen molar-refractivity contribution in [3.63, 3.8) is 0 Å². The van der Waals surface area contributed by atoms with Gasteiger partial charge in [-0.3, -0.25) is 0 Å². The van der Waals surface area contributed by atoms with Crippen molar-refractivity contribution < 1.29 is 12.8 Å². The smallest absolute Gasteiger partial charge is 0.243 e. The van der Waals surface area contributed by atoms with E-state index < -0.39 is 15.8 Å². The van der Waals surface area contributed by atoms with Crippen LogP contribution in [0, 0.1) is 11.2 Å². The molecule has 1 atom stereocenters. The molecule has 0 spiro atoms. The van der Waals surface area contributed by atoms with E-state index in [2.05, 4.69) is 20.7 Å². The molecule has 1 aromatic carbocycles. The van der Waals surface area contributed by atoms with Gasteiger partial charge in [0.05, 0.1) is 0 Å². The second kappa shape index (κ2) is 6.09. The van der Waals surface area contributed by atoms with Gasteiger partial charge in [0.1, 0.15) is 10.7 Å². The topological polar surface area (TPSA) is 72.2 Å². The molecule has 114 valence electrons. The summed E-state index contributed by atoms with van der Waals surface area (Å²) < 4.78 is 41.8. The summed E-state index contributed by atoms with van der Waals surface area (Å²) >= 11 is 3.17. The minimum Gasteiger partial charge on any atom is -0.326 e. The van der Waals surface area contributed by atoms with Gasteiger partial charge in [0, 0.05) is 22.6 Å². The van der Waals surface area contributed by atoms with E-state index in [1.807, 2.05) is 20.8 Å². The first kappa shape index (κ1) is 17.6. The van der Waals surface area contributed by atoms with Gasteiger partial charge >= 0.3 is 0 Å². The zero-order valence-corrected chi connectivity index (χ0v) is 14.4. The molecule has 20 heavy (non-hydrogen) atoms. The molecule has 0 aliphatic rings. The van der Waals surface area contributed by atoms with Crippen LogP contribution in [0.4, 0.5) is 4.39 Å². The van der Waals surface area contributed by atoms with Crippen LogP contribution in [0.15, 0.2) is 21.5 Å². The van der Waals surface area contributed by atoms with E-state index in [1.165, 1.54) is 12.1 Å². The first-order valence-corrected chi connectivity index (χ1v) is 8.47. The molecule has 4 nitrogen and oxygen atoms in total. The lowest BCUT2D eigenvalue weighted by atomic mass is 9.89. The highest BCUT2D eigenvalue weighted by molar-refractivity contribution is 9.10. The van der Waals surface area contributed by atoms with Crippen LogP contribution < -0.4 is 10.5 Å². The van der Waals surface area contributed by atoms with Crippen LogP contribution in [0.25, 0.3) is 0 Å². The Morgan fingerprint density at radius 1 is 1.40 bits per heavy atom. The Bertz CT molecular complexity index is 597. The zero-order valence-electron chi connectivity index (χ0n) is 12.0. The third-order valence-corrected chi connectivity index (χ3v) is 5.22. The van der Waals surface area contributed by atoms with E-state index in [4.69, 9.17) is 5.73 Å². The van der Waals surface area contributed by atoms with Crippen LogP contribution in [0.1, 0.15) is 33.3 Å². The lowest BCUT2D eigenvalue weighted by molar-refractivity contribution is 0.317. The van der Waals surface area contributed by atoms with Crippen molar-refractivity contribution in [3.8, 4) is 0 Å². The normalized spacial score (nSPS) is 14.3. The first-order chi connectivity index (χ1) is 8.99. The predicted octanol–water partition coefficient (Wildman–Crippen LogP) is 2.76. The lowest BCUT2D eigenvalue weighted by Gasteiger charge is -2.28. The maximum absolute atomic E-state index is 14.2. The van der Waals surface area contributed by atoms with Gasteiger partial charge in [0.2, 0.25) is 10.0 Å². The fourth-order valence-corrected chi connectivity index (χ4v) is 3.69. The maximum Gasteiger partial charge on any atom is 0.243 e. The summed E-state index contributed by atoms with van der Waals surface area (Å²) in [5, 5.41) is 0. The van der Waals surface area contributed by atoms with E-state index in [9.17, 15) is 12.8 Å². The molecule has 0 aliphatic heterocycles. The van der Waals surface area contributed by atoms with Crippen LogP contribution >= 0.6 is 15.9 Å². The lowest BCUT2D eigenvalue weighted by Crippen LogP contribution is -2.41. The summed E-state index contributed by atoms with van der Waals surface area (Å²) in [6, 6.07) is 2.38. The van der Waals surface area contributed by atoms with Crippen molar-refractivity contribution >= 4 is 26.0 Å². The van der Waals surface area contributed by atoms with E-state index in [0.29, 0.717) is 4.47 Å². The average molecular weight is 367 g/mol. The van der Waals surface area contributed by atoms with E-state index in [1.54, 1.807) is 6.92 Å². The molecule has 0 amide bonds. The van der Waals surface area contributed by atoms with Crippen molar-refractivity contribution in [3.05, 3.63) is 28.0 Å². The SMILES string of the molecule is CC(NS(=O)(=O)c1cc(Br)cc(CN)c1F)C(C)(C)C. The summed E-state index contributed by atoms with van der Waals surface area (Å²) in [7, 11) is -3.94. The molecule has 3 N–H and O–H groups in total. The van der Waals surface area contributed by atoms with Crippen molar-refractivity contribution in [1.82, 2.24) is 4.72 Å². The van der Waals surface area contributed by atoms with Gasteiger partial charge in [-0.15, -0.1) is 0 Å². The Morgan fingerprint density at radius 3 is 2.40 bits per heavy atom. The number of rotatable bonds is 4. The third kappa shape index (κ3) is 4.00. The molecule has 0 radical (unpaired) electrons. The van der Waals surface area contributed by atoms with Crippen LogP contribution in [0.2, 0.25) is 0 Å². The minimum absolute atomic E-state index is 0.0668. The molecule has 1 aromatic rings. The highest BCUT2D eigenvalue weighted by atomic mass is 79.9. The number of halogens is 2. The average Bonchev–Trinajstić information content (AvgIpc) is 2.29. The Labute approximate surface area is 128 Å². The number of nitrogens with two attached hydrogens (primary N) is 1. The number of sulfonamides is 1. The van der Waals surface area contributed by atoms with Gasteiger partial charge in [-0.25, -0.2) is 17.5 Å². The first-order valence-electron chi connectivity index (χ1n) is 6.19. The largest absolute Gasteiger partial charge is 0.326 e. The fraction of sp³-hybridized carbons (Fsp3) is 0.538. The Kier molecular flexibility index (Phi) is 5.34. The van der Waals surface area contributed by atoms with E-state index in [-0.39, 0.29) is 28.5 Å². The maximum atomic E-state index is 14.2. The number of benzene rings is 1. The Morgan fingerprint density at radius 2 is 1.95 bits per heavy atom. The van der Waals surface area contributed by atoms with Crippen LogP contribution in [-0.4, -0.2) is 14.5 Å². The highest BCUT2D eigenvalue weighted by Crippen LogP contribution is 2.26. The van der Waals surface area contributed by atoms with Gasteiger partial charge in [0.15, 0.2) is 0 Å². The molecule has 1 rings (SSSR count). The molecule has 1 unspecified atom stereocenters. The second-order valence-corrected chi connectivity index (χ2v) is 8.39. The molecule has 0 bridgehead atoms. The third-order valence-electron chi connectivity index (χ3n) is 3.22. The Hall–Kier alpha value is -0.500. The number of hydrogen-bond donors (Lipinski definition) is 2. The summed E-state index contributed by atoms with van der Waals surface area (Å²) in [4.78, 5) is -0.386. The quantitative estimate of drug-likeness (QED) is 0.860. The van der Waals surface area contributed by atoms with Crippen LogP contribution in [0.3, 0.4) is 0 Å². The summed E-state index contributed by atoms with van der Waals surface area (Å²) in [6.07, 6.45) is 0. The molecular weight excluding hydrogens is 347 g/mol. The standard InChI is InChI=1S/C13H20BrFN2O2S/c1-8(13(2,3)4)17-20(18,19)11-6-10(14)5-9(7-16)12(11)15/h5-6,8,17H,7,16H2,1-4H3. The molecule has 0 fully saturated rings. The molecule has 0 saturated carbocycles. The van der Waals surface area contributed by atoms with Crippen molar-refractivity contribution in [2.24, 2.45) is 11.1 Å². The fourth-order valence-electron chi connectivity index (χ4n) is 1.44. The van der Waals surface area contributed by atoms with Gasteiger partial charge in [-0.05, 0) is 24.5 Å². The van der Waals surface area contributed by atoms with Gasteiger partial charge in [0.25, 0.3) is 0 Å². The van der Waals surface area contributed by atoms with E-state index in [0.717, 1.165) is 0 Å².